The zero-order valence-electron chi connectivity index (χ0n) is 10.1. The maximum atomic E-state index is 9.26. The summed E-state index contributed by atoms with van der Waals surface area (Å²) < 4.78 is 5.74. The quantitative estimate of drug-likeness (QED) is 0.737. The van der Waals surface area contributed by atoms with Crippen LogP contribution in [-0.4, -0.2) is 23.3 Å². The summed E-state index contributed by atoms with van der Waals surface area (Å²) in [6, 6.07) is 5.44. The van der Waals surface area contributed by atoms with Crippen molar-refractivity contribution in [1.82, 2.24) is 0 Å². The van der Waals surface area contributed by atoms with E-state index in [2.05, 4.69) is 13.8 Å². The van der Waals surface area contributed by atoms with Crippen LogP contribution in [0.1, 0.15) is 32.3 Å². The molecule has 0 aliphatic heterocycles. The first-order valence-electron chi connectivity index (χ1n) is 5.71. The topological polar surface area (TPSA) is 49.7 Å². The van der Waals surface area contributed by atoms with E-state index in [0.29, 0.717) is 11.2 Å². The molecular formula is C12H19BO3. The Hall–Kier alpha value is -0.995. The highest BCUT2D eigenvalue weighted by atomic mass is 16.5. The standard InChI is InChI=1S/C12H19BO3/c1-4-10(5-2)16-12-7-6-9(3)8-11(12)13(14)15/h6-8,10,14-15H,4-5H2,1-3H3. The predicted molar refractivity (Wildman–Crippen MR) is 66.0 cm³/mol. The lowest BCUT2D eigenvalue weighted by Gasteiger charge is -2.18. The van der Waals surface area contributed by atoms with Crippen molar-refractivity contribution in [1.29, 1.82) is 0 Å². The van der Waals surface area contributed by atoms with Gasteiger partial charge < -0.3 is 14.8 Å². The van der Waals surface area contributed by atoms with E-state index in [4.69, 9.17) is 4.74 Å². The van der Waals surface area contributed by atoms with Crippen LogP contribution < -0.4 is 10.2 Å². The van der Waals surface area contributed by atoms with Gasteiger partial charge in [-0.25, -0.2) is 0 Å². The summed E-state index contributed by atoms with van der Waals surface area (Å²) in [6.07, 6.45) is 1.94. The second kappa shape index (κ2) is 5.92. The minimum absolute atomic E-state index is 0.125. The maximum Gasteiger partial charge on any atom is 0.492 e. The van der Waals surface area contributed by atoms with E-state index in [1.165, 1.54) is 0 Å². The Morgan fingerprint density at radius 2 is 1.88 bits per heavy atom. The Kier molecular flexibility index (Phi) is 4.84. The molecule has 0 aliphatic carbocycles. The maximum absolute atomic E-state index is 9.26. The first kappa shape index (κ1) is 13.1. The molecular weight excluding hydrogens is 203 g/mol. The third-order valence-corrected chi connectivity index (χ3v) is 2.65. The van der Waals surface area contributed by atoms with Crippen molar-refractivity contribution >= 4 is 12.6 Å². The molecule has 0 aromatic heterocycles. The average Bonchev–Trinajstić information content (AvgIpc) is 2.27. The highest BCUT2D eigenvalue weighted by Crippen LogP contribution is 2.14. The van der Waals surface area contributed by atoms with E-state index < -0.39 is 7.12 Å². The Labute approximate surface area is 97.2 Å². The monoisotopic (exact) mass is 222 g/mol. The number of benzene rings is 1. The van der Waals surface area contributed by atoms with Crippen molar-refractivity contribution in [2.24, 2.45) is 0 Å². The molecule has 0 saturated carbocycles. The van der Waals surface area contributed by atoms with E-state index in [9.17, 15) is 10.0 Å². The average molecular weight is 222 g/mol. The van der Waals surface area contributed by atoms with Crippen LogP contribution in [0.3, 0.4) is 0 Å². The van der Waals surface area contributed by atoms with Crippen molar-refractivity contribution in [2.45, 2.75) is 39.7 Å². The fourth-order valence-electron chi connectivity index (χ4n) is 1.61. The lowest BCUT2D eigenvalue weighted by molar-refractivity contribution is 0.194. The molecule has 1 aromatic rings. The molecule has 0 atom stereocenters. The van der Waals surface area contributed by atoms with Gasteiger partial charge in [-0.2, -0.15) is 0 Å². The minimum atomic E-state index is -1.48. The van der Waals surface area contributed by atoms with Gasteiger partial charge in [0.2, 0.25) is 0 Å². The van der Waals surface area contributed by atoms with Gasteiger partial charge in [-0.15, -0.1) is 0 Å². The molecule has 0 unspecified atom stereocenters. The molecule has 1 aromatic carbocycles. The van der Waals surface area contributed by atoms with Crippen LogP contribution >= 0.6 is 0 Å². The summed E-state index contributed by atoms with van der Waals surface area (Å²) in [5, 5.41) is 18.5. The number of ether oxygens (including phenoxy) is 1. The Bertz CT molecular complexity index is 335. The SMILES string of the molecule is CCC(CC)Oc1ccc(C)cc1B(O)O. The lowest BCUT2D eigenvalue weighted by Crippen LogP contribution is -2.33. The van der Waals surface area contributed by atoms with E-state index >= 15 is 0 Å². The van der Waals surface area contributed by atoms with Gasteiger partial charge in [-0.3, -0.25) is 0 Å². The summed E-state index contributed by atoms with van der Waals surface area (Å²) in [5.41, 5.74) is 1.42. The minimum Gasteiger partial charge on any atom is -0.491 e. The van der Waals surface area contributed by atoms with Gasteiger partial charge in [0.1, 0.15) is 5.75 Å². The Balaban J connectivity index is 2.94. The smallest absolute Gasteiger partial charge is 0.491 e. The zero-order valence-corrected chi connectivity index (χ0v) is 10.1. The molecule has 2 N–H and O–H groups in total. The summed E-state index contributed by atoms with van der Waals surface area (Å²) in [5.74, 6) is 0.564. The first-order valence-corrected chi connectivity index (χ1v) is 5.71. The Morgan fingerprint density at radius 3 is 2.38 bits per heavy atom. The fraction of sp³-hybridized carbons (Fsp3) is 0.500. The third kappa shape index (κ3) is 3.25. The van der Waals surface area contributed by atoms with Gasteiger partial charge in [0, 0.05) is 5.46 Å². The van der Waals surface area contributed by atoms with Crippen LogP contribution in [0.4, 0.5) is 0 Å². The molecule has 0 amide bonds. The zero-order chi connectivity index (χ0) is 12.1. The number of hydrogen-bond donors (Lipinski definition) is 2. The molecule has 0 saturated heterocycles. The highest BCUT2D eigenvalue weighted by molar-refractivity contribution is 6.59. The normalized spacial score (nSPS) is 10.6. The van der Waals surface area contributed by atoms with Crippen LogP contribution in [0.5, 0.6) is 5.75 Å². The van der Waals surface area contributed by atoms with Crippen LogP contribution in [0.15, 0.2) is 18.2 Å². The largest absolute Gasteiger partial charge is 0.492 e. The van der Waals surface area contributed by atoms with E-state index in [1.807, 2.05) is 13.0 Å². The molecule has 0 aliphatic rings. The van der Waals surface area contributed by atoms with Crippen LogP contribution in [0.25, 0.3) is 0 Å². The van der Waals surface area contributed by atoms with Crippen molar-refractivity contribution < 1.29 is 14.8 Å². The van der Waals surface area contributed by atoms with Gasteiger partial charge in [0.25, 0.3) is 0 Å². The molecule has 4 heteroatoms. The molecule has 0 heterocycles. The summed E-state index contributed by atoms with van der Waals surface area (Å²) in [6.45, 7) is 6.02. The Morgan fingerprint density at radius 1 is 1.25 bits per heavy atom. The second-order valence-corrected chi connectivity index (χ2v) is 3.97. The highest BCUT2D eigenvalue weighted by Gasteiger charge is 2.18. The van der Waals surface area contributed by atoms with E-state index in [1.54, 1.807) is 12.1 Å². The predicted octanol–water partition coefficient (Wildman–Crippen LogP) is 1.24. The molecule has 16 heavy (non-hydrogen) atoms. The summed E-state index contributed by atoms with van der Waals surface area (Å²) in [4.78, 5) is 0. The van der Waals surface area contributed by atoms with Crippen molar-refractivity contribution in [3.8, 4) is 5.75 Å². The van der Waals surface area contributed by atoms with Crippen molar-refractivity contribution in [3.63, 3.8) is 0 Å². The van der Waals surface area contributed by atoms with Crippen LogP contribution in [0, 0.1) is 6.92 Å². The third-order valence-electron chi connectivity index (χ3n) is 2.65. The number of hydrogen-bond acceptors (Lipinski definition) is 3. The molecule has 0 fully saturated rings. The number of aryl methyl sites for hydroxylation is 1. The molecule has 1 rings (SSSR count). The van der Waals surface area contributed by atoms with Gasteiger partial charge >= 0.3 is 7.12 Å². The van der Waals surface area contributed by atoms with E-state index in [-0.39, 0.29) is 6.10 Å². The molecule has 3 nitrogen and oxygen atoms in total. The molecule has 0 radical (unpaired) electrons. The lowest BCUT2D eigenvalue weighted by atomic mass is 9.79. The molecule has 0 bridgehead atoms. The van der Waals surface area contributed by atoms with Crippen molar-refractivity contribution in [2.75, 3.05) is 0 Å². The van der Waals surface area contributed by atoms with E-state index in [0.717, 1.165) is 18.4 Å². The van der Waals surface area contributed by atoms with Crippen LogP contribution in [-0.2, 0) is 0 Å². The van der Waals surface area contributed by atoms with Gasteiger partial charge in [0.05, 0.1) is 6.10 Å². The van der Waals surface area contributed by atoms with Gasteiger partial charge in [-0.05, 0) is 25.8 Å². The van der Waals surface area contributed by atoms with Gasteiger partial charge in [0.15, 0.2) is 0 Å². The fourth-order valence-corrected chi connectivity index (χ4v) is 1.61. The number of rotatable bonds is 5. The first-order chi connectivity index (χ1) is 7.58. The summed E-state index contributed by atoms with van der Waals surface area (Å²) in [7, 11) is -1.48. The summed E-state index contributed by atoms with van der Waals surface area (Å²) >= 11 is 0. The van der Waals surface area contributed by atoms with Crippen LogP contribution in [0.2, 0.25) is 0 Å². The molecule has 88 valence electrons. The van der Waals surface area contributed by atoms with Crippen molar-refractivity contribution in [3.05, 3.63) is 23.8 Å². The molecule has 0 spiro atoms. The van der Waals surface area contributed by atoms with Gasteiger partial charge in [-0.1, -0.05) is 31.5 Å². The second-order valence-electron chi connectivity index (χ2n) is 3.97.